The minimum atomic E-state index is 0. The summed E-state index contributed by atoms with van der Waals surface area (Å²) in [5.74, 6) is 0.858. The second kappa shape index (κ2) is 9.80. The molecule has 1 fully saturated rings. The molecule has 2 atom stereocenters. The highest BCUT2D eigenvalue weighted by Gasteiger charge is 2.32. The molecule has 2 nitrogen and oxygen atoms in total. The molecule has 110 valence electrons. The molecule has 0 aromatic heterocycles. The van der Waals surface area contributed by atoms with Gasteiger partial charge in [0, 0.05) is 5.54 Å². The Hall–Kier alpha value is -0.0800. The minimum absolute atomic E-state index is 0. The van der Waals surface area contributed by atoms with Gasteiger partial charge in [-0.25, -0.2) is 0 Å². The Labute approximate surface area is 114 Å². The average molecular weight is 257 g/mol. The topological polar surface area (TPSA) is 43.5 Å². The highest BCUT2D eigenvalue weighted by atomic mass is 16.0. The number of hydrogen-bond donors (Lipinski definition) is 1. The predicted octanol–water partition coefficient (Wildman–Crippen LogP) is 4.08. The largest absolute Gasteiger partial charge is 0.412 e. The first kappa shape index (κ1) is 17.9. The van der Waals surface area contributed by atoms with Crippen LogP contribution in [0, 0.1) is 5.92 Å². The summed E-state index contributed by atoms with van der Waals surface area (Å²) < 4.78 is 0. The fourth-order valence-corrected chi connectivity index (χ4v) is 3.05. The summed E-state index contributed by atoms with van der Waals surface area (Å²) in [7, 11) is 0. The Morgan fingerprint density at radius 2 is 1.72 bits per heavy atom. The Morgan fingerprint density at radius 3 is 2.39 bits per heavy atom. The fourth-order valence-electron chi connectivity index (χ4n) is 3.05. The van der Waals surface area contributed by atoms with Crippen molar-refractivity contribution in [3.63, 3.8) is 0 Å². The molecule has 1 saturated carbocycles. The Balaban J connectivity index is 0.00000289. The quantitative estimate of drug-likeness (QED) is 0.654. The van der Waals surface area contributed by atoms with Crippen LogP contribution in [0.3, 0.4) is 0 Å². The number of nitrogens with one attached hydrogen (secondary N) is 1. The van der Waals surface area contributed by atoms with Crippen LogP contribution in [0.15, 0.2) is 0 Å². The maximum atomic E-state index is 3.84. The van der Waals surface area contributed by atoms with E-state index in [1.165, 1.54) is 70.8 Å². The Kier molecular flexibility index (Phi) is 9.76. The summed E-state index contributed by atoms with van der Waals surface area (Å²) in [5, 5.41) is 3.84. The zero-order valence-electron chi connectivity index (χ0n) is 12.9. The average Bonchev–Trinajstić information content (AvgIpc) is 2.32. The third-order valence-electron chi connectivity index (χ3n) is 4.73. The van der Waals surface area contributed by atoms with Crippen LogP contribution >= 0.6 is 0 Å². The highest BCUT2D eigenvalue weighted by Crippen LogP contribution is 2.33. The summed E-state index contributed by atoms with van der Waals surface area (Å²) in [4.78, 5) is 0. The molecule has 0 amide bonds. The molecule has 0 saturated heterocycles. The zero-order chi connectivity index (χ0) is 12.6. The zero-order valence-corrected chi connectivity index (χ0v) is 12.9. The van der Waals surface area contributed by atoms with Gasteiger partial charge in [0.2, 0.25) is 0 Å². The van der Waals surface area contributed by atoms with E-state index in [1.807, 2.05) is 0 Å². The van der Waals surface area contributed by atoms with Crippen LogP contribution in [0.25, 0.3) is 0 Å². The third kappa shape index (κ3) is 6.19. The van der Waals surface area contributed by atoms with E-state index in [2.05, 4.69) is 26.1 Å². The van der Waals surface area contributed by atoms with Crippen molar-refractivity contribution in [3.05, 3.63) is 0 Å². The van der Waals surface area contributed by atoms with E-state index >= 15 is 0 Å². The summed E-state index contributed by atoms with van der Waals surface area (Å²) in [6.07, 6.45) is 14.1. The molecular weight excluding hydrogens is 222 g/mol. The number of hydrogen-bond acceptors (Lipinski definition) is 1. The van der Waals surface area contributed by atoms with Crippen molar-refractivity contribution < 1.29 is 5.48 Å². The van der Waals surface area contributed by atoms with Crippen molar-refractivity contribution in [2.45, 2.75) is 90.5 Å². The van der Waals surface area contributed by atoms with Gasteiger partial charge in [-0.2, -0.15) is 0 Å². The lowest BCUT2D eigenvalue weighted by Crippen LogP contribution is -2.49. The molecule has 2 unspecified atom stereocenters. The molecule has 0 aliphatic heterocycles. The van der Waals surface area contributed by atoms with Crippen molar-refractivity contribution in [1.29, 1.82) is 0 Å². The minimum Gasteiger partial charge on any atom is -0.412 e. The summed E-state index contributed by atoms with van der Waals surface area (Å²) in [6.45, 7) is 8.38. The van der Waals surface area contributed by atoms with Gasteiger partial charge in [0.15, 0.2) is 0 Å². The lowest BCUT2D eigenvalue weighted by Gasteiger charge is -2.40. The molecule has 1 aliphatic rings. The molecule has 18 heavy (non-hydrogen) atoms. The Morgan fingerprint density at radius 1 is 1.06 bits per heavy atom. The van der Waals surface area contributed by atoms with E-state index in [-0.39, 0.29) is 5.48 Å². The molecule has 0 spiro atoms. The molecule has 3 N–H and O–H groups in total. The normalized spacial score (nSPS) is 27.8. The fraction of sp³-hybridized carbons (Fsp3) is 1.00. The third-order valence-corrected chi connectivity index (χ3v) is 4.73. The van der Waals surface area contributed by atoms with Gasteiger partial charge in [0.1, 0.15) is 0 Å². The van der Waals surface area contributed by atoms with Crippen molar-refractivity contribution in [3.8, 4) is 0 Å². The molecule has 0 radical (unpaired) electrons. The van der Waals surface area contributed by atoms with Crippen LogP contribution < -0.4 is 5.32 Å². The van der Waals surface area contributed by atoms with Gasteiger partial charge >= 0.3 is 0 Å². The lowest BCUT2D eigenvalue weighted by molar-refractivity contribution is 0.173. The van der Waals surface area contributed by atoms with E-state index in [1.54, 1.807) is 0 Å². The van der Waals surface area contributed by atoms with E-state index in [9.17, 15) is 0 Å². The second-order valence-electron chi connectivity index (χ2n) is 6.26. The number of unbranched alkanes of at least 4 members (excludes halogenated alkanes) is 5. The monoisotopic (exact) mass is 257 g/mol. The van der Waals surface area contributed by atoms with Gasteiger partial charge in [-0.3, -0.25) is 0 Å². The summed E-state index contributed by atoms with van der Waals surface area (Å²) in [5.41, 5.74) is 0.432. The molecule has 0 aromatic rings. The van der Waals surface area contributed by atoms with Crippen LogP contribution in [0.5, 0.6) is 0 Å². The second-order valence-corrected chi connectivity index (χ2v) is 6.26. The smallest absolute Gasteiger partial charge is 0.0178 e. The molecule has 0 bridgehead atoms. The van der Waals surface area contributed by atoms with Crippen LogP contribution in [0.2, 0.25) is 0 Å². The van der Waals surface area contributed by atoms with Gasteiger partial charge in [0.25, 0.3) is 0 Å². The van der Waals surface area contributed by atoms with Crippen molar-refractivity contribution in [2.75, 3.05) is 6.54 Å². The molecular formula is C16H35NO. The summed E-state index contributed by atoms with van der Waals surface area (Å²) in [6, 6.07) is 0. The maximum absolute atomic E-state index is 3.84. The van der Waals surface area contributed by atoms with Gasteiger partial charge in [-0.1, -0.05) is 58.8 Å². The Bertz CT molecular complexity index is 196. The molecule has 0 heterocycles. The highest BCUT2D eigenvalue weighted by molar-refractivity contribution is 4.91. The van der Waals surface area contributed by atoms with Crippen LogP contribution in [-0.4, -0.2) is 17.6 Å². The van der Waals surface area contributed by atoms with Crippen LogP contribution in [0.1, 0.15) is 85.0 Å². The molecule has 2 heteroatoms. The van der Waals surface area contributed by atoms with Crippen molar-refractivity contribution >= 4 is 0 Å². The lowest BCUT2D eigenvalue weighted by atomic mass is 9.75. The van der Waals surface area contributed by atoms with Gasteiger partial charge in [0.05, 0.1) is 0 Å². The van der Waals surface area contributed by atoms with E-state index < -0.39 is 0 Å². The van der Waals surface area contributed by atoms with Crippen LogP contribution in [-0.2, 0) is 0 Å². The standard InChI is InChI=1S/C16H33N.H2O/c1-4-5-6-7-8-11-14-17-16(3)13-10-9-12-15(16)2;/h15,17H,4-14H2,1-3H3;1H2. The molecule has 0 aromatic carbocycles. The van der Waals surface area contributed by atoms with E-state index in [4.69, 9.17) is 0 Å². The van der Waals surface area contributed by atoms with E-state index in [0.717, 1.165) is 5.92 Å². The molecule has 1 aliphatic carbocycles. The molecule has 1 rings (SSSR count). The van der Waals surface area contributed by atoms with Crippen LogP contribution in [0.4, 0.5) is 0 Å². The predicted molar refractivity (Wildman–Crippen MR) is 81.0 cm³/mol. The van der Waals surface area contributed by atoms with Gasteiger partial charge in [-0.05, 0) is 38.6 Å². The first-order chi connectivity index (χ1) is 8.19. The van der Waals surface area contributed by atoms with Crippen molar-refractivity contribution in [1.82, 2.24) is 5.32 Å². The maximum Gasteiger partial charge on any atom is 0.0178 e. The van der Waals surface area contributed by atoms with Gasteiger partial charge in [-0.15, -0.1) is 0 Å². The summed E-state index contributed by atoms with van der Waals surface area (Å²) >= 11 is 0. The number of rotatable bonds is 8. The first-order valence-corrected chi connectivity index (χ1v) is 7.94. The van der Waals surface area contributed by atoms with E-state index in [0.29, 0.717) is 5.54 Å². The van der Waals surface area contributed by atoms with Gasteiger partial charge < -0.3 is 10.8 Å². The van der Waals surface area contributed by atoms with Crippen molar-refractivity contribution in [2.24, 2.45) is 5.92 Å². The first-order valence-electron chi connectivity index (χ1n) is 7.94. The SMILES string of the molecule is CCCCCCCCNC1(C)CCCCC1C.O.